The Kier molecular flexibility index (Phi) is 4.13. The summed E-state index contributed by atoms with van der Waals surface area (Å²) < 4.78 is 0. The van der Waals surface area contributed by atoms with Crippen LogP contribution in [-0.2, 0) is 0 Å². The number of hydrogen-bond donors (Lipinski definition) is 0. The van der Waals surface area contributed by atoms with Crippen molar-refractivity contribution in [3.05, 3.63) is 12.3 Å². The standard InChI is InChI=1S/C5H6N2/c1-2-7-5-3-4-6/h2-3,5H,1H3/b5-3?,7-2-. The minimum Gasteiger partial charge on any atom is -0.269 e. The Labute approximate surface area is 42.8 Å². The quantitative estimate of drug-likeness (QED) is 0.354. The summed E-state index contributed by atoms with van der Waals surface area (Å²) >= 11 is 0. The van der Waals surface area contributed by atoms with Gasteiger partial charge in [0.05, 0.1) is 6.07 Å². The molecule has 2 nitrogen and oxygen atoms in total. The van der Waals surface area contributed by atoms with E-state index in [1.54, 1.807) is 13.1 Å². The molecule has 0 aromatic heterocycles. The Morgan fingerprint density at radius 2 is 2.43 bits per heavy atom. The molecule has 0 aromatic rings. The van der Waals surface area contributed by atoms with E-state index in [1.807, 2.05) is 6.07 Å². The summed E-state index contributed by atoms with van der Waals surface area (Å²) in [6.45, 7) is 1.79. The van der Waals surface area contributed by atoms with Crippen LogP contribution in [0.3, 0.4) is 0 Å². The van der Waals surface area contributed by atoms with Crippen molar-refractivity contribution in [1.29, 1.82) is 5.26 Å². The van der Waals surface area contributed by atoms with Gasteiger partial charge in [-0.05, 0) is 6.92 Å². The molecule has 0 spiro atoms. The maximum absolute atomic E-state index is 7.88. The molecule has 0 radical (unpaired) electrons. The number of nitriles is 1. The number of nitrogens with zero attached hydrogens (tertiary/aromatic N) is 2. The van der Waals surface area contributed by atoms with E-state index in [0.29, 0.717) is 0 Å². The first-order chi connectivity index (χ1) is 3.41. The third kappa shape index (κ3) is 4.90. The molecule has 0 aromatic carbocycles. The Morgan fingerprint density at radius 3 is 2.86 bits per heavy atom. The maximum Gasteiger partial charge on any atom is 0.0928 e. The molecule has 0 amide bonds. The molecule has 0 heterocycles. The lowest BCUT2D eigenvalue weighted by molar-refractivity contribution is 1.51. The van der Waals surface area contributed by atoms with E-state index < -0.39 is 0 Å². The van der Waals surface area contributed by atoms with Crippen molar-refractivity contribution in [1.82, 2.24) is 0 Å². The fraction of sp³-hybridized carbons (Fsp3) is 0.200. The van der Waals surface area contributed by atoms with E-state index >= 15 is 0 Å². The summed E-state index contributed by atoms with van der Waals surface area (Å²) in [4.78, 5) is 3.63. The molecule has 0 saturated carbocycles. The Balaban J connectivity index is 3.33. The molecule has 0 unspecified atom stereocenters. The van der Waals surface area contributed by atoms with Gasteiger partial charge in [0.25, 0.3) is 0 Å². The number of allylic oxidation sites excluding steroid dienone is 1. The molecule has 0 aliphatic rings. The second kappa shape index (κ2) is 4.90. The monoisotopic (exact) mass is 94.1 g/mol. The van der Waals surface area contributed by atoms with Crippen molar-refractivity contribution in [3.63, 3.8) is 0 Å². The molecule has 0 bridgehead atoms. The highest BCUT2D eigenvalue weighted by molar-refractivity contribution is 5.54. The zero-order valence-corrected chi connectivity index (χ0v) is 4.13. The fourth-order valence-electron chi connectivity index (χ4n) is 0.162. The van der Waals surface area contributed by atoms with Crippen molar-refractivity contribution in [2.75, 3.05) is 0 Å². The SMILES string of the molecule is C/C=N\C=CC#N. The van der Waals surface area contributed by atoms with Gasteiger partial charge in [-0.25, -0.2) is 0 Å². The molecular formula is C5H6N2. The normalized spacial score (nSPS) is 10.3. The van der Waals surface area contributed by atoms with E-state index in [9.17, 15) is 0 Å². The Hall–Kier alpha value is -1.10. The molecule has 0 aliphatic heterocycles. The largest absolute Gasteiger partial charge is 0.269 e. The van der Waals surface area contributed by atoms with E-state index in [2.05, 4.69) is 4.99 Å². The lowest BCUT2D eigenvalue weighted by atomic mass is 10.7. The average molecular weight is 94.1 g/mol. The van der Waals surface area contributed by atoms with Crippen LogP contribution in [0, 0.1) is 11.3 Å². The van der Waals surface area contributed by atoms with Gasteiger partial charge in [0.15, 0.2) is 0 Å². The first-order valence-electron chi connectivity index (χ1n) is 1.94. The summed E-state index contributed by atoms with van der Waals surface area (Å²) in [7, 11) is 0. The van der Waals surface area contributed by atoms with Crippen LogP contribution in [0.2, 0.25) is 0 Å². The lowest BCUT2D eigenvalue weighted by Crippen LogP contribution is -1.51. The third-order valence-electron chi connectivity index (χ3n) is 0.384. The van der Waals surface area contributed by atoms with Gasteiger partial charge in [-0.2, -0.15) is 5.26 Å². The first-order valence-corrected chi connectivity index (χ1v) is 1.94. The van der Waals surface area contributed by atoms with E-state index in [-0.39, 0.29) is 0 Å². The van der Waals surface area contributed by atoms with E-state index in [4.69, 9.17) is 5.26 Å². The molecule has 0 N–H and O–H groups in total. The number of aliphatic imine (C=N–C) groups is 1. The van der Waals surface area contributed by atoms with Gasteiger partial charge >= 0.3 is 0 Å². The fourth-order valence-corrected chi connectivity index (χ4v) is 0.162. The van der Waals surface area contributed by atoms with Crippen LogP contribution in [0.25, 0.3) is 0 Å². The predicted molar refractivity (Wildman–Crippen MR) is 28.9 cm³/mol. The highest BCUT2D eigenvalue weighted by atomic mass is 14.6. The van der Waals surface area contributed by atoms with Gasteiger partial charge in [0.2, 0.25) is 0 Å². The van der Waals surface area contributed by atoms with E-state index in [1.165, 1.54) is 12.3 Å². The third-order valence-corrected chi connectivity index (χ3v) is 0.384. The van der Waals surface area contributed by atoms with Crippen LogP contribution in [-0.4, -0.2) is 6.21 Å². The Bertz CT molecular complexity index is 117. The Morgan fingerprint density at radius 1 is 1.71 bits per heavy atom. The minimum absolute atomic E-state index is 1.32. The second-order valence-corrected chi connectivity index (χ2v) is 0.852. The van der Waals surface area contributed by atoms with Gasteiger partial charge in [-0.3, -0.25) is 4.99 Å². The van der Waals surface area contributed by atoms with Gasteiger partial charge in [-0.1, -0.05) is 0 Å². The van der Waals surface area contributed by atoms with Crippen molar-refractivity contribution in [2.45, 2.75) is 6.92 Å². The first kappa shape index (κ1) is 5.90. The van der Waals surface area contributed by atoms with Crippen molar-refractivity contribution < 1.29 is 0 Å². The lowest BCUT2D eigenvalue weighted by Gasteiger charge is -1.63. The highest BCUT2D eigenvalue weighted by Gasteiger charge is 1.54. The van der Waals surface area contributed by atoms with Crippen LogP contribution < -0.4 is 0 Å². The zero-order chi connectivity index (χ0) is 5.54. The van der Waals surface area contributed by atoms with Gasteiger partial charge in [-0.15, -0.1) is 0 Å². The van der Waals surface area contributed by atoms with Crippen molar-refractivity contribution in [3.8, 4) is 6.07 Å². The van der Waals surface area contributed by atoms with Gasteiger partial charge in [0.1, 0.15) is 0 Å². The van der Waals surface area contributed by atoms with Gasteiger partial charge in [0, 0.05) is 18.5 Å². The topological polar surface area (TPSA) is 36.1 Å². The summed E-state index contributed by atoms with van der Waals surface area (Å²) in [5.41, 5.74) is 0. The van der Waals surface area contributed by atoms with Crippen LogP contribution in [0.1, 0.15) is 6.92 Å². The summed E-state index contributed by atoms with van der Waals surface area (Å²) in [6.07, 6.45) is 4.38. The number of hydrogen-bond acceptors (Lipinski definition) is 2. The molecule has 0 aliphatic carbocycles. The summed E-state index contributed by atoms with van der Waals surface area (Å²) in [6, 6.07) is 1.81. The molecule has 36 valence electrons. The van der Waals surface area contributed by atoms with Crippen LogP contribution >= 0.6 is 0 Å². The molecule has 2 heteroatoms. The highest BCUT2D eigenvalue weighted by Crippen LogP contribution is 1.67. The molecule has 0 rings (SSSR count). The van der Waals surface area contributed by atoms with Crippen molar-refractivity contribution in [2.24, 2.45) is 4.99 Å². The summed E-state index contributed by atoms with van der Waals surface area (Å²) in [5.74, 6) is 0. The molecule has 0 atom stereocenters. The second-order valence-electron chi connectivity index (χ2n) is 0.852. The molecule has 7 heavy (non-hydrogen) atoms. The maximum atomic E-state index is 7.88. The minimum atomic E-state index is 1.32. The predicted octanol–water partition coefficient (Wildman–Crippen LogP) is 1.11. The molecule has 0 saturated heterocycles. The average Bonchev–Trinajstić information content (AvgIpc) is 1.69. The van der Waals surface area contributed by atoms with Gasteiger partial charge < -0.3 is 0 Å². The molecular weight excluding hydrogens is 88.1 g/mol. The summed E-state index contributed by atoms with van der Waals surface area (Å²) in [5, 5.41) is 7.88. The van der Waals surface area contributed by atoms with E-state index in [0.717, 1.165) is 0 Å². The van der Waals surface area contributed by atoms with Crippen LogP contribution in [0.4, 0.5) is 0 Å². The zero-order valence-electron chi connectivity index (χ0n) is 4.13. The number of rotatable bonds is 1. The van der Waals surface area contributed by atoms with Crippen LogP contribution in [0.5, 0.6) is 0 Å². The smallest absolute Gasteiger partial charge is 0.0928 e. The molecule has 0 fully saturated rings. The van der Waals surface area contributed by atoms with Crippen LogP contribution in [0.15, 0.2) is 17.3 Å². The van der Waals surface area contributed by atoms with Crippen molar-refractivity contribution >= 4 is 6.21 Å².